The quantitative estimate of drug-likeness (QED) is 0.816. The van der Waals surface area contributed by atoms with Crippen LogP contribution in [-0.2, 0) is 15.3 Å². The Hall–Kier alpha value is -2.68. The number of aromatic nitrogens is 2. The zero-order chi connectivity index (χ0) is 21.3. The summed E-state index contributed by atoms with van der Waals surface area (Å²) in [5.41, 5.74) is 0.318. The van der Waals surface area contributed by atoms with Crippen LogP contribution in [0.15, 0.2) is 40.3 Å². The molecule has 0 bridgehead atoms. The molecule has 1 aromatic carbocycles. The molecule has 0 aliphatic rings. The van der Waals surface area contributed by atoms with E-state index in [-0.39, 0.29) is 10.3 Å². The van der Waals surface area contributed by atoms with E-state index < -0.39 is 32.6 Å². The Kier molecular flexibility index (Phi) is 5.98. The summed E-state index contributed by atoms with van der Waals surface area (Å²) in [5, 5.41) is 12.7. The molecule has 0 aliphatic heterocycles. The molecule has 0 fully saturated rings. The Morgan fingerprint density at radius 1 is 1.11 bits per heavy atom. The number of hydrogen-bond acceptors (Lipinski definition) is 5. The maximum atomic E-state index is 12.9. The number of sulfone groups is 1. The fraction of sp³-hybridized carbons (Fsp3) is 0.421. The molecule has 28 heavy (non-hydrogen) atoms. The normalized spacial score (nSPS) is 12.0. The van der Waals surface area contributed by atoms with Gasteiger partial charge < -0.3 is 10.0 Å². The predicted octanol–water partition coefficient (Wildman–Crippen LogP) is 3.02. The third kappa shape index (κ3) is 4.09. The maximum absolute atomic E-state index is 12.9. The molecular formula is C19H25N3O5S. The maximum Gasteiger partial charge on any atom is 0.354 e. The highest BCUT2D eigenvalue weighted by Crippen LogP contribution is 2.26. The Bertz CT molecular complexity index is 982. The first-order valence-corrected chi connectivity index (χ1v) is 10.4. The van der Waals surface area contributed by atoms with Crippen molar-refractivity contribution in [3.63, 3.8) is 0 Å². The van der Waals surface area contributed by atoms with Gasteiger partial charge in [-0.3, -0.25) is 0 Å². The van der Waals surface area contributed by atoms with Gasteiger partial charge in [-0.05, 0) is 37.0 Å². The number of nitrogens with zero attached hydrogens (tertiary/aromatic N) is 3. The monoisotopic (exact) mass is 407 g/mol. The lowest BCUT2D eigenvalue weighted by atomic mass is 9.87. The van der Waals surface area contributed by atoms with Crippen LogP contribution < -0.4 is 0 Å². The lowest BCUT2D eigenvalue weighted by Crippen LogP contribution is -2.36. The van der Waals surface area contributed by atoms with Crippen molar-refractivity contribution in [1.29, 1.82) is 0 Å². The molecule has 2 aromatic rings. The molecule has 0 atom stereocenters. The molecule has 1 aromatic heterocycles. The van der Waals surface area contributed by atoms with Crippen molar-refractivity contribution in [2.24, 2.45) is 0 Å². The van der Waals surface area contributed by atoms with Gasteiger partial charge in [0.25, 0.3) is 0 Å². The van der Waals surface area contributed by atoms with Gasteiger partial charge in [-0.1, -0.05) is 32.9 Å². The van der Waals surface area contributed by atoms with E-state index in [1.807, 2.05) is 20.8 Å². The first-order valence-electron chi connectivity index (χ1n) is 8.91. The van der Waals surface area contributed by atoms with Crippen molar-refractivity contribution in [1.82, 2.24) is 14.7 Å². The van der Waals surface area contributed by atoms with Gasteiger partial charge in [-0.2, -0.15) is 9.78 Å². The number of carbonyl (C=O) groups excluding carboxylic acids is 1. The van der Waals surface area contributed by atoms with Gasteiger partial charge in [0.1, 0.15) is 0 Å². The average molecular weight is 407 g/mol. The van der Waals surface area contributed by atoms with Gasteiger partial charge in [-0.25, -0.2) is 18.0 Å². The van der Waals surface area contributed by atoms with Gasteiger partial charge >= 0.3 is 12.0 Å². The van der Waals surface area contributed by atoms with Gasteiger partial charge in [0.2, 0.25) is 9.84 Å². The zero-order valence-electron chi connectivity index (χ0n) is 16.6. The van der Waals surface area contributed by atoms with Crippen molar-refractivity contribution < 1.29 is 23.1 Å². The van der Waals surface area contributed by atoms with E-state index in [0.29, 0.717) is 17.8 Å². The van der Waals surface area contributed by atoms with Crippen LogP contribution in [0.25, 0.3) is 0 Å². The molecular weight excluding hydrogens is 382 g/mol. The second-order valence-electron chi connectivity index (χ2n) is 7.32. The molecule has 1 amide bonds. The standard InChI is InChI=1S/C19H25N3O5S/c1-6-21(7-2)18(25)22-15(17(23)24)12-16(20-22)28(26,27)14-10-8-13(9-11-14)19(3,4)5/h8-12H,6-7H2,1-5H3,(H,23,24). The number of rotatable bonds is 5. The summed E-state index contributed by atoms with van der Waals surface area (Å²) in [6, 6.07) is 6.57. The fourth-order valence-electron chi connectivity index (χ4n) is 2.67. The predicted molar refractivity (Wildman–Crippen MR) is 103 cm³/mol. The third-order valence-corrected chi connectivity index (χ3v) is 6.07. The summed E-state index contributed by atoms with van der Waals surface area (Å²) in [7, 11) is -4.08. The SMILES string of the molecule is CCN(CC)C(=O)n1nc(S(=O)(=O)c2ccc(C(C)(C)C)cc2)cc1C(=O)O. The largest absolute Gasteiger partial charge is 0.477 e. The van der Waals surface area contributed by atoms with Crippen molar-refractivity contribution in [3.05, 3.63) is 41.6 Å². The van der Waals surface area contributed by atoms with Gasteiger partial charge in [-0.15, -0.1) is 0 Å². The lowest BCUT2D eigenvalue weighted by molar-refractivity contribution is 0.0683. The third-order valence-electron chi connectivity index (χ3n) is 4.43. The highest BCUT2D eigenvalue weighted by molar-refractivity contribution is 7.91. The van der Waals surface area contributed by atoms with E-state index in [9.17, 15) is 23.1 Å². The Morgan fingerprint density at radius 2 is 1.64 bits per heavy atom. The Balaban J connectivity index is 2.53. The van der Waals surface area contributed by atoms with Gasteiger partial charge in [0.15, 0.2) is 10.7 Å². The van der Waals surface area contributed by atoms with E-state index in [4.69, 9.17) is 0 Å². The number of aromatic carboxylic acids is 1. The first kappa shape index (κ1) is 21.6. The number of carboxylic acids is 1. The van der Waals surface area contributed by atoms with Crippen LogP contribution in [0.2, 0.25) is 0 Å². The van der Waals surface area contributed by atoms with Crippen LogP contribution in [0.4, 0.5) is 4.79 Å². The summed E-state index contributed by atoms with van der Waals surface area (Å²) >= 11 is 0. The molecule has 2 rings (SSSR count). The molecule has 8 nitrogen and oxygen atoms in total. The smallest absolute Gasteiger partial charge is 0.354 e. The zero-order valence-corrected chi connectivity index (χ0v) is 17.4. The van der Waals surface area contributed by atoms with Crippen LogP contribution >= 0.6 is 0 Å². The van der Waals surface area contributed by atoms with E-state index >= 15 is 0 Å². The average Bonchev–Trinajstić information content (AvgIpc) is 3.08. The fourth-order valence-corrected chi connectivity index (χ4v) is 3.86. The molecule has 0 saturated carbocycles. The highest BCUT2D eigenvalue weighted by Gasteiger charge is 2.29. The minimum Gasteiger partial charge on any atom is -0.477 e. The van der Waals surface area contributed by atoms with Gasteiger partial charge in [0, 0.05) is 19.2 Å². The van der Waals surface area contributed by atoms with Crippen LogP contribution in [0.5, 0.6) is 0 Å². The molecule has 0 aliphatic carbocycles. The highest BCUT2D eigenvalue weighted by atomic mass is 32.2. The summed E-state index contributed by atoms with van der Waals surface area (Å²) in [6.07, 6.45) is 0. The summed E-state index contributed by atoms with van der Waals surface area (Å²) in [4.78, 5) is 25.4. The number of carboxylic acid groups (broad SMARTS) is 1. The number of carbonyl (C=O) groups is 2. The van der Waals surface area contributed by atoms with E-state index in [1.165, 1.54) is 17.0 Å². The molecule has 1 heterocycles. The van der Waals surface area contributed by atoms with Gasteiger partial charge in [0.05, 0.1) is 4.90 Å². The van der Waals surface area contributed by atoms with Crippen molar-refractivity contribution in [2.75, 3.05) is 13.1 Å². The first-order chi connectivity index (χ1) is 12.9. The summed E-state index contributed by atoms with van der Waals surface area (Å²) < 4.78 is 26.5. The number of amides is 1. The molecule has 152 valence electrons. The Morgan fingerprint density at radius 3 is 2.07 bits per heavy atom. The molecule has 1 N–H and O–H groups in total. The minimum atomic E-state index is -4.08. The van der Waals surface area contributed by atoms with Crippen molar-refractivity contribution in [3.8, 4) is 0 Å². The van der Waals surface area contributed by atoms with Crippen LogP contribution in [0.1, 0.15) is 50.7 Å². The summed E-state index contributed by atoms with van der Waals surface area (Å²) in [5.74, 6) is -1.43. The molecule has 0 saturated heterocycles. The van der Waals surface area contributed by atoms with Crippen LogP contribution in [0, 0.1) is 0 Å². The Labute approximate surface area is 164 Å². The second-order valence-corrected chi connectivity index (χ2v) is 9.21. The van der Waals surface area contributed by atoms with Crippen molar-refractivity contribution in [2.45, 2.75) is 50.0 Å². The molecule has 0 radical (unpaired) electrons. The summed E-state index contributed by atoms with van der Waals surface area (Å²) in [6.45, 7) is 10.2. The molecule has 0 unspecified atom stereocenters. The van der Waals surface area contributed by atoms with E-state index in [0.717, 1.165) is 11.6 Å². The minimum absolute atomic E-state index is 0.0163. The molecule has 0 spiro atoms. The lowest BCUT2D eigenvalue weighted by Gasteiger charge is -2.19. The van der Waals surface area contributed by atoms with Crippen LogP contribution in [0.3, 0.4) is 0 Å². The van der Waals surface area contributed by atoms with E-state index in [1.54, 1.807) is 26.0 Å². The number of benzene rings is 1. The number of hydrogen-bond donors (Lipinski definition) is 1. The molecule has 9 heteroatoms. The second kappa shape index (κ2) is 7.75. The van der Waals surface area contributed by atoms with E-state index in [2.05, 4.69) is 5.10 Å². The van der Waals surface area contributed by atoms with Crippen LogP contribution in [-0.4, -0.2) is 53.3 Å². The van der Waals surface area contributed by atoms with Crippen molar-refractivity contribution >= 4 is 21.8 Å². The topological polar surface area (TPSA) is 110 Å².